The van der Waals surface area contributed by atoms with Gasteiger partial charge in [0.15, 0.2) is 11.9 Å². The van der Waals surface area contributed by atoms with Gasteiger partial charge in [0.25, 0.3) is 5.91 Å². The van der Waals surface area contributed by atoms with E-state index in [2.05, 4.69) is 5.32 Å². The molecule has 0 aliphatic carbocycles. The Balaban J connectivity index is 2.02. The summed E-state index contributed by atoms with van der Waals surface area (Å²) in [5.74, 6) is -1.14. The van der Waals surface area contributed by atoms with Crippen molar-refractivity contribution in [2.45, 2.75) is 20.0 Å². The van der Waals surface area contributed by atoms with Gasteiger partial charge in [0.1, 0.15) is 0 Å². The summed E-state index contributed by atoms with van der Waals surface area (Å²) in [5, 5.41) is 2.65. The van der Waals surface area contributed by atoms with E-state index in [9.17, 15) is 14.4 Å². The maximum atomic E-state index is 12.3. The van der Waals surface area contributed by atoms with Crippen LogP contribution in [0.15, 0.2) is 48.5 Å². The molecule has 0 saturated carbocycles. The first-order valence-corrected chi connectivity index (χ1v) is 8.18. The number of esters is 1. The average Bonchev–Trinajstić information content (AvgIpc) is 2.61. The zero-order valence-electron chi connectivity index (χ0n) is 15.3. The average molecular weight is 354 g/mol. The first kappa shape index (κ1) is 19.2. The monoisotopic (exact) mass is 354 g/mol. The fourth-order valence-corrected chi connectivity index (χ4v) is 2.25. The highest BCUT2D eigenvalue weighted by molar-refractivity contribution is 5.99. The Morgan fingerprint density at radius 1 is 1.00 bits per heavy atom. The number of hydrogen-bond acceptors (Lipinski definition) is 5. The lowest BCUT2D eigenvalue weighted by Crippen LogP contribution is -2.30. The highest BCUT2D eigenvalue weighted by Crippen LogP contribution is 2.16. The zero-order chi connectivity index (χ0) is 19.3. The molecule has 0 radical (unpaired) electrons. The van der Waals surface area contributed by atoms with Crippen LogP contribution in [0, 0.1) is 0 Å². The van der Waals surface area contributed by atoms with E-state index < -0.39 is 18.0 Å². The third kappa shape index (κ3) is 4.92. The van der Waals surface area contributed by atoms with E-state index in [4.69, 9.17) is 4.74 Å². The lowest BCUT2D eigenvalue weighted by molar-refractivity contribution is -0.123. The highest BCUT2D eigenvalue weighted by atomic mass is 16.5. The van der Waals surface area contributed by atoms with Gasteiger partial charge in [-0.1, -0.05) is 18.2 Å². The molecule has 0 spiro atoms. The lowest BCUT2D eigenvalue weighted by Gasteiger charge is -2.16. The van der Waals surface area contributed by atoms with E-state index in [1.807, 2.05) is 25.1 Å². The number of nitrogens with zero attached hydrogens (tertiary/aromatic N) is 1. The topological polar surface area (TPSA) is 75.7 Å². The summed E-state index contributed by atoms with van der Waals surface area (Å²) >= 11 is 0. The second-order valence-corrected chi connectivity index (χ2v) is 6.12. The SMILES string of the molecule is CC(=O)c1cccc(NC(=O)[C@H](C)OC(=O)c2cccc(N(C)C)c2)c1. The zero-order valence-corrected chi connectivity index (χ0v) is 15.3. The van der Waals surface area contributed by atoms with Crippen LogP contribution in [0.3, 0.4) is 0 Å². The second-order valence-electron chi connectivity index (χ2n) is 6.12. The smallest absolute Gasteiger partial charge is 0.338 e. The third-order valence-corrected chi connectivity index (χ3v) is 3.79. The number of rotatable bonds is 6. The van der Waals surface area contributed by atoms with E-state index in [1.165, 1.54) is 13.8 Å². The second kappa shape index (κ2) is 8.29. The number of anilines is 2. The van der Waals surface area contributed by atoms with Crippen LogP contribution in [0.4, 0.5) is 11.4 Å². The molecule has 0 aliphatic rings. The fraction of sp³-hybridized carbons (Fsp3) is 0.250. The molecule has 0 saturated heterocycles. The van der Waals surface area contributed by atoms with Gasteiger partial charge in [-0.05, 0) is 44.2 Å². The summed E-state index contributed by atoms with van der Waals surface area (Å²) in [5.41, 5.74) is 2.19. The summed E-state index contributed by atoms with van der Waals surface area (Å²) in [6.07, 6.45) is -0.980. The largest absolute Gasteiger partial charge is 0.449 e. The Morgan fingerprint density at radius 2 is 1.65 bits per heavy atom. The van der Waals surface area contributed by atoms with Crippen LogP contribution in [-0.4, -0.2) is 37.9 Å². The van der Waals surface area contributed by atoms with Crippen LogP contribution in [0.1, 0.15) is 34.6 Å². The van der Waals surface area contributed by atoms with Gasteiger partial charge in [0, 0.05) is 31.0 Å². The number of Topliss-reactive ketones (excluding diaryl/α,β-unsaturated/α-hetero) is 1. The van der Waals surface area contributed by atoms with Crippen molar-refractivity contribution in [2.75, 3.05) is 24.3 Å². The molecule has 136 valence electrons. The third-order valence-electron chi connectivity index (χ3n) is 3.79. The van der Waals surface area contributed by atoms with Gasteiger partial charge in [0.2, 0.25) is 0 Å². The number of nitrogens with one attached hydrogen (secondary N) is 1. The van der Waals surface area contributed by atoms with Crippen molar-refractivity contribution in [2.24, 2.45) is 0 Å². The van der Waals surface area contributed by atoms with Crippen molar-refractivity contribution in [3.63, 3.8) is 0 Å². The molecule has 1 atom stereocenters. The maximum absolute atomic E-state index is 12.3. The molecular weight excluding hydrogens is 332 g/mol. The van der Waals surface area contributed by atoms with Gasteiger partial charge in [-0.3, -0.25) is 9.59 Å². The first-order chi connectivity index (χ1) is 12.3. The van der Waals surface area contributed by atoms with E-state index in [1.54, 1.807) is 42.5 Å². The van der Waals surface area contributed by atoms with Gasteiger partial charge >= 0.3 is 5.97 Å². The number of ketones is 1. The molecule has 0 heterocycles. The number of ether oxygens (including phenoxy) is 1. The van der Waals surface area contributed by atoms with Crippen LogP contribution >= 0.6 is 0 Å². The number of carbonyl (C=O) groups excluding carboxylic acids is 3. The predicted molar refractivity (Wildman–Crippen MR) is 101 cm³/mol. The minimum Gasteiger partial charge on any atom is -0.449 e. The molecule has 2 aromatic rings. The minimum absolute atomic E-state index is 0.0960. The minimum atomic E-state index is -0.980. The fourth-order valence-electron chi connectivity index (χ4n) is 2.25. The van der Waals surface area contributed by atoms with Crippen molar-refractivity contribution in [1.82, 2.24) is 0 Å². The number of benzene rings is 2. The molecule has 2 aromatic carbocycles. The molecule has 0 unspecified atom stereocenters. The van der Waals surface area contributed by atoms with E-state index >= 15 is 0 Å². The van der Waals surface area contributed by atoms with Crippen molar-refractivity contribution >= 4 is 29.0 Å². The lowest BCUT2D eigenvalue weighted by atomic mass is 10.1. The van der Waals surface area contributed by atoms with Gasteiger partial charge in [-0.2, -0.15) is 0 Å². The Hall–Kier alpha value is -3.15. The van der Waals surface area contributed by atoms with Crippen molar-refractivity contribution in [1.29, 1.82) is 0 Å². The van der Waals surface area contributed by atoms with Gasteiger partial charge in [-0.15, -0.1) is 0 Å². The quantitative estimate of drug-likeness (QED) is 0.637. The maximum Gasteiger partial charge on any atom is 0.338 e. The Bertz CT molecular complexity index is 830. The summed E-state index contributed by atoms with van der Waals surface area (Å²) < 4.78 is 5.25. The van der Waals surface area contributed by atoms with Crippen molar-refractivity contribution in [3.05, 3.63) is 59.7 Å². The molecular formula is C20H22N2O4. The number of hydrogen-bond donors (Lipinski definition) is 1. The molecule has 2 rings (SSSR count). The molecule has 26 heavy (non-hydrogen) atoms. The van der Waals surface area contributed by atoms with Crippen LogP contribution in [0.2, 0.25) is 0 Å². The van der Waals surface area contributed by atoms with Gasteiger partial charge in [0.05, 0.1) is 5.56 Å². The molecule has 6 heteroatoms. The van der Waals surface area contributed by atoms with Crippen LogP contribution in [0.5, 0.6) is 0 Å². The van der Waals surface area contributed by atoms with Crippen LogP contribution in [0.25, 0.3) is 0 Å². The Kier molecular flexibility index (Phi) is 6.11. The Labute approximate surface area is 152 Å². The molecule has 0 aliphatic heterocycles. The molecule has 1 amide bonds. The summed E-state index contributed by atoms with van der Waals surface area (Å²) in [6, 6.07) is 13.5. The van der Waals surface area contributed by atoms with Crippen molar-refractivity contribution < 1.29 is 19.1 Å². The van der Waals surface area contributed by atoms with Crippen LogP contribution < -0.4 is 10.2 Å². The van der Waals surface area contributed by atoms with Crippen molar-refractivity contribution in [3.8, 4) is 0 Å². The normalized spacial score (nSPS) is 11.4. The molecule has 0 bridgehead atoms. The Morgan fingerprint density at radius 3 is 2.31 bits per heavy atom. The van der Waals surface area contributed by atoms with E-state index in [-0.39, 0.29) is 5.78 Å². The standard InChI is InChI=1S/C20H22N2O4/c1-13(23)15-7-5-9-17(11-15)21-19(24)14(2)26-20(25)16-8-6-10-18(12-16)22(3)4/h5-12,14H,1-4H3,(H,21,24)/t14-/m0/s1. The van der Waals surface area contributed by atoms with Gasteiger partial charge < -0.3 is 15.0 Å². The predicted octanol–water partition coefficient (Wildman–Crippen LogP) is 3.14. The molecule has 0 fully saturated rings. The molecule has 0 aromatic heterocycles. The number of amides is 1. The van der Waals surface area contributed by atoms with E-state index in [0.29, 0.717) is 16.8 Å². The number of carbonyl (C=O) groups is 3. The highest BCUT2D eigenvalue weighted by Gasteiger charge is 2.19. The summed E-state index contributed by atoms with van der Waals surface area (Å²) in [4.78, 5) is 37.8. The summed E-state index contributed by atoms with van der Waals surface area (Å²) in [7, 11) is 3.74. The van der Waals surface area contributed by atoms with Gasteiger partial charge in [-0.25, -0.2) is 4.79 Å². The van der Waals surface area contributed by atoms with Crippen LogP contribution in [-0.2, 0) is 9.53 Å². The summed E-state index contributed by atoms with van der Waals surface area (Å²) in [6.45, 7) is 2.95. The molecule has 1 N–H and O–H groups in total. The van der Waals surface area contributed by atoms with E-state index in [0.717, 1.165) is 5.69 Å². The molecule has 6 nitrogen and oxygen atoms in total. The first-order valence-electron chi connectivity index (χ1n) is 8.18.